The summed E-state index contributed by atoms with van der Waals surface area (Å²) in [5.74, 6) is 1.37. The Balaban J connectivity index is 1.75. The normalized spacial score (nSPS) is 13.7. The van der Waals surface area contributed by atoms with E-state index in [-0.39, 0.29) is 0 Å². The third kappa shape index (κ3) is 2.68. The van der Waals surface area contributed by atoms with Gasteiger partial charge < -0.3 is 9.73 Å². The van der Waals surface area contributed by atoms with E-state index in [4.69, 9.17) is 4.42 Å². The Morgan fingerprint density at radius 1 is 1.21 bits per heavy atom. The van der Waals surface area contributed by atoms with Gasteiger partial charge in [0.25, 0.3) is 0 Å². The van der Waals surface area contributed by atoms with Gasteiger partial charge in [0.15, 0.2) is 0 Å². The molecule has 0 amide bonds. The fraction of sp³-hybridized carbons (Fsp3) is 0.467. The first-order valence-corrected chi connectivity index (χ1v) is 6.96. The third-order valence-corrected chi connectivity index (χ3v) is 3.63. The molecule has 1 aromatic carbocycles. The number of fused-ring (bicyclic) bond motifs is 1. The van der Waals surface area contributed by atoms with Crippen molar-refractivity contribution in [1.82, 2.24) is 15.5 Å². The van der Waals surface area contributed by atoms with Gasteiger partial charge in [-0.05, 0) is 62.5 Å². The van der Waals surface area contributed by atoms with E-state index in [1.54, 1.807) is 0 Å². The molecule has 1 aliphatic carbocycles. The van der Waals surface area contributed by atoms with Crippen molar-refractivity contribution in [2.45, 2.75) is 32.1 Å². The highest BCUT2D eigenvalue weighted by molar-refractivity contribution is 5.56. The lowest BCUT2D eigenvalue weighted by Gasteiger charge is -2.00. The Kier molecular flexibility index (Phi) is 3.60. The maximum atomic E-state index is 5.73. The van der Waals surface area contributed by atoms with Crippen LogP contribution < -0.4 is 5.32 Å². The van der Waals surface area contributed by atoms with Crippen molar-refractivity contribution in [3.63, 3.8) is 0 Å². The first-order chi connectivity index (χ1) is 9.36. The summed E-state index contributed by atoms with van der Waals surface area (Å²) in [6.07, 6.45) is 5.49. The average molecular weight is 257 g/mol. The molecule has 3 rings (SSSR count). The van der Waals surface area contributed by atoms with Crippen molar-refractivity contribution in [2.75, 3.05) is 13.6 Å². The second-order valence-corrected chi connectivity index (χ2v) is 5.05. The van der Waals surface area contributed by atoms with E-state index in [2.05, 4.69) is 33.7 Å². The standard InChI is InChI=1S/C15H19N3O/c1-16-9-3-6-14-17-18-15(19-14)13-8-7-11-4-2-5-12(11)10-13/h7-8,10,16H,2-6,9H2,1H3. The molecule has 0 bridgehead atoms. The summed E-state index contributed by atoms with van der Waals surface area (Å²) >= 11 is 0. The Labute approximate surface area is 113 Å². The van der Waals surface area contributed by atoms with Gasteiger partial charge in [-0.2, -0.15) is 0 Å². The summed E-state index contributed by atoms with van der Waals surface area (Å²) in [5.41, 5.74) is 3.96. The minimum absolute atomic E-state index is 0.647. The molecule has 0 saturated heterocycles. The number of nitrogens with one attached hydrogen (secondary N) is 1. The Morgan fingerprint density at radius 2 is 2.11 bits per heavy atom. The van der Waals surface area contributed by atoms with Crippen molar-refractivity contribution >= 4 is 0 Å². The zero-order chi connectivity index (χ0) is 13.1. The van der Waals surface area contributed by atoms with E-state index >= 15 is 0 Å². The van der Waals surface area contributed by atoms with E-state index in [0.717, 1.165) is 30.8 Å². The minimum atomic E-state index is 0.647. The van der Waals surface area contributed by atoms with Gasteiger partial charge in [-0.25, -0.2) is 0 Å². The summed E-state index contributed by atoms with van der Waals surface area (Å²) in [5, 5.41) is 11.4. The van der Waals surface area contributed by atoms with E-state index in [1.807, 2.05) is 7.05 Å². The Hall–Kier alpha value is -1.68. The maximum absolute atomic E-state index is 5.73. The van der Waals surface area contributed by atoms with Crippen LogP contribution in [-0.2, 0) is 19.3 Å². The van der Waals surface area contributed by atoms with E-state index in [0.29, 0.717) is 5.89 Å². The number of benzene rings is 1. The molecule has 1 aliphatic rings. The number of aryl methyl sites for hydroxylation is 3. The third-order valence-electron chi connectivity index (χ3n) is 3.63. The van der Waals surface area contributed by atoms with Crippen LogP contribution in [0.25, 0.3) is 11.5 Å². The van der Waals surface area contributed by atoms with Crippen molar-refractivity contribution in [3.8, 4) is 11.5 Å². The fourth-order valence-electron chi connectivity index (χ4n) is 2.59. The topological polar surface area (TPSA) is 51.0 Å². The highest BCUT2D eigenvalue weighted by Crippen LogP contribution is 2.27. The molecule has 1 N–H and O–H groups in total. The van der Waals surface area contributed by atoms with E-state index in [1.165, 1.54) is 30.4 Å². The lowest BCUT2D eigenvalue weighted by Crippen LogP contribution is -2.08. The highest BCUT2D eigenvalue weighted by atomic mass is 16.4. The number of hydrogen-bond donors (Lipinski definition) is 1. The molecule has 4 nitrogen and oxygen atoms in total. The summed E-state index contributed by atoms with van der Waals surface area (Å²) < 4.78 is 5.73. The predicted octanol–water partition coefficient (Wildman–Crippen LogP) is 2.38. The van der Waals surface area contributed by atoms with E-state index < -0.39 is 0 Å². The van der Waals surface area contributed by atoms with Gasteiger partial charge >= 0.3 is 0 Å². The van der Waals surface area contributed by atoms with Crippen LogP contribution in [0.2, 0.25) is 0 Å². The molecule has 0 saturated carbocycles. The maximum Gasteiger partial charge on any atom is 0.247 e. The fourth-order valence-corrected chi connectivity index (χ4v) is 2.59. The number of hydrogen-bond acceptors (Lipinski definition) is 4. The predicted molar refractivity (Wildman–Crippen MR) is 74.0 cm³/mol. The van der Waals surface area contributed by atoms with Crippen LogP contribution in [0.4, 0.5) is 0 Å². The van der Waals surface area contributed by atoms with Gasteiger partial charge in [-0.15, -0.1) is 10.2 Å². The molecule has 1 aromatic heterocycles. The molecule has 100 valence electrons. The molecule has 0 spiro atoms. The van der Waals surface area contributed by atoms with Crippen molar-refractivity contribution in [3.05, 3.63) is 35.2 Å². The van der Waals surface area contributed by atoms with Crippen molar-refractivity contribution in [2.24, 2.45) is 0 Å². The lowest BCUT2D eigenvalue weighted by molar-refractivity contribution is 0.495. The van der Waals surface area contributed by atoms with Crippen LogP contribution in [0, 0.1) is 0 Å². The van der Waals surface area contributed by atoms with Crippen molar-refractivity contribution in [1.29, 1.82) is 0 Å². The van der Waals surface area contributed by atoms with Crippen LogP contribution in [-0.4, -0.2) is 23.8 Å². The average Bonchev–Trinajstić information content (AvgIpc) is 3.06. The molecular weight excluding hydrogens is 238 g/mol. The smallest absolute Gasteiger partial charge is 0.247 e. The summed E-state index contributed by atoms with van der Waals surface area (Å²) in [4.78, 5) is 0. The van der Waals surface area contributed by atoms with Gasteiger partial charge in [0.05, 0.1) is 0 Å². The zero-order valence-corrected chi connectivity index (χ0v) is 11.3. The SMILES string of the molecule is CNCCCc1nnc(-c2ccc3c(c2)CCC3)o1. The molecule has 0 aliphatic heterocycles. The largest absolute Gasteiger partial charge is 0.421 e. The molecule has 0 fully saturated rings. The molecular formula is C15H19N3O. The number of nitrogens with zero attached hydrogens (tertiary/aromatic N) is 2. The molecule has 0 radical (unpaired) electrons. The summed E-state index contributed by atoms with van der Waals surface area (Å²) in [7, 11) is 1.95. The number of aromatic nitrogens is 2. The Bertz CT molecular complexity index is 562. The van der Waals surface area contributed by atoms with Crippen LogP contribution in [0.1, 0.15) is 29.9 Å². The van der Waals surface area contributed by atoms with Crippen LogP contribution >= 0.6 is 0 Å². The second-order valence-electron chi connectivity index (χ2n) is 5.05. The van der Waals surface area contributed by atoms with Gasteiger partial charge in [-0.1, -0.05) is 6.07 Å². The molecule has 0 atom stereocenters. The van der Waals surface area contributed by atoms with E-state index in [9.17, 15) is 0 Å². The molecule has 4 heteroatoms. The summed E-state index contributed by atoms with van der Waals surface area (Å²) in [6, 6.07) is 6.49. The van der Waals surface area contributed by atoms with Crippen molar-refractivity contribution < 1.29 is 4.42 Å². The Morgan fingerprint density at radius 3 is 3.00 bits per heavy atom. The molecule has 2 aromatic rings. The lowest BCUT2D eigenvalue weighted by atomic mass is 10.1. The molecule has 1 heterocycles. The molecule has 19 heavy (non-hydrogen) atoms. The minimum Gasteiger partial charge on any atom is -0.421 e. The van der Waals surface area contributed by atoms with Gasteiger partial charge in [0.2, 0.25) is 11.8 Å². The highest BCUT2D eigenvalue weighted by Gasteiger charge is 2.14. The summed E-state index contributed by atoms with van der Waals surface area (Å²) in [6.45, 7) is 0.969. The zero-order valence-electron chi connectivity index (χ0n) is 11.3. The van der Waals surface area contributed by atoms with Gasteiger partial charge in [0, 0.05) is 12.0 Å². The molecule has 0 unspecified atom stereocenters. The van der Waals surface area contributed by atoms with Crippen LogP contribution in [0.5, 0.6) is 0 Å². The quantitative estimate of drug-likeness (QED) is 0.836. The first kappa shape index (κ1) is 12.4. The second kappa shape index (κ2) is 5.53. The van der Waals surface area contributed by atoms with Crippen LogP contribution in [0.3, 0.4) is 0 Å². The van der Waals surface area contributed by atoms with Gasteiger partial charge in [-0.3, -0.25) is 0 Å². The van der Waals surface area contributed by atoms with Gasteiger partial charge in [0.1, 0.15) is 0 Å². The number of rotatable bonds is 5. The monoisotopic (exact) mass is 257 g/mol. The van der Waals surface area contributed by atoms with Crippen LogP contribution in [0.15, 0.2) is 22.6 Å². The first-order valence-electron chi connectivity index (χ1n) is 6.96.